The van der Waals surface area contributed by atoms with Crippen molar-refractivity contribution in [2.45, 2.75) is 18.9 Å². The minimum absolute atomic E-state index is 0.252. The zero-order valence-electron chi connectivity index (χ0n) is 7.84. The molecule has 1 rings (SSSR count). The van der Waals surface area contributed by atoms with Gasteiger partial charge in [-0.1, -0.05) is 15.9 Å². The van der Waals surface area contributed by atoms with Gasteiger partial charge in [0.05, 0.1) is 0 Å². The first-order valence-corrected chi connectivity index (χ1v) is 5.35. The lowest BCUT2D eigenvalue weighted by atomic mass is 10.0. The van der Waals surface area contributed by atoms with Crippen LogP contribution in [0.15, 0.2) is 22.7 Å². The van der Waals surface area contributed by atoms with Crippen molar-refractivity contribution in [1.29, 1.82) is 0 Å². The van der Waals surface area contributed by atoms with Gasteiger partial charge in [-0.05, 0) is 37.6 Å². The Morgan fingerprint density at radius 3 is 2.79 bits per heavy atom. The van der Waals surface area contributed by atoms with Crippen molar-refractivity contribution in [3.63, 3.8) is 0 Å². The Morgan fingerprint density at radius 2 is 2.14 bits per heavy atom. The lowest BCUT2D eigenvalue weighted by Crippen LogP contribution is -2.14. The summed E-state index contributed by atoms with van der Waals surface area (Å²) < 4.78 is 14.2. The molecule has 0 bridgehead atoms. The Balaban J connectivity index is 2.77. The minimum Gasteiger partial charge on any atom is -0.330 e. The van der Waals surface area contributed by atoms with Gasteiger partial charge in [-0.25, -0.2) is 4.39 Å². The van der Waals surface area contributed by atoms with Crippen molar-refractivity contribution in [1.82, 2.24) is 0 Å². The molecule has 0 spiro atoms. The van der Waals surface area contributed by atoms with Crippen LogP contribution in [0.25, 0.3) is 0 Å². The number of benzene rings is 1. The number of hydrogen-bond acceptors (Lipinski definition) is 2. The van der Waals surface area contributed by atoms with Gasteiger partial charge in [0.2, 0.25) is 0 Å². The van der Waals surface area contributed by atoms with Crippen molar-refractivity contribution in [2.75, 3.05) is 6.54 Å². The highest BCUT2D eigenvalue weighted by Crippen LogP contribution is 2.22. The van der Waals surface area contributed by atoms with Gasteiger partial charge < -0.3 is 11.5 Å². The molecule has 1 aromatic carbocycles. The third-order valence-electron chi connectivity index (χ3n) is 2.08. The summed E-state index contributed by atoms with van der Waals surface area (Å²) in [5.41, 5.74) is 11.7. The largest absolute Gasteiger partial charge is 0.330 e. The maximum atomic E-state index is 13.3. The van der Waals surface area contributed by atoms with E-state index in [1.165, 1.54) is 6.07 Å². The lowest BCUT2D eigenvalue weighted by molar-refractivity contribution is 0.553. The molecule has 4 heteroatoms. The normalized spacial score (nSPS) is 12.9. The van der Waals surface area contributed by atoms with E-state index in [4.69, 9.17) is 11.5 Å². The molecular formula is C10H14BrFN2. The highest BCUT2D eigenvalue weighted by molar-refractivity contribution is 9.10. The van der Waals surface area contributed by atoms with Gasteiger partial charge in [-0.15, -0.1) is 0 Å². The topological polar surface area (TPSA) is 52.0 Å². The van der Waals surface area contributed by atoms with E-state index >= 15 is 0 Å². The molecule has 0 radical (unpaired) electrons. The van der Waals surface area contributed by atoms with Crippen LogP contribution in [-0.2, 0) is 0 Å². The summed E-state index contributed by atoms with van der Waals surface area (Å²) in [6, 6.07) is 4.53. The number of rotatable bonds is 4. The van der Waals surface area contributed by atoms with Gasteiger partial charge in [-0.3, -0.25) is 0 Å². The molecule has 1 atom stereocenters. The average Bonchev–Trinajstić information content (AvgIpc) is 2.18. The minimum atomic E-state index is -0.268. The molecule has 0 amide bonds. The summed E-state index contributed by atoms with van der Waals surface area (Å²) in [5.74, 6) is -0.252. The molecule has 0 fully saturated rings. The molecule has 0 unspecified atom stereocenters. The first kappa shape index (κ1) is 11.6. The summed E-state index contributed by atoms with van der Waals surface area (Å²) in [4.78, 5) is 0. The Labute approximate surface area is 91.6 Å². The fraction of sp³-hybridized carbons (Fsp3) is 0.400. The second kappa shape index (κ2) is 5.44. The highest BCUT2D eigenvalue weighted by Gasteiger charge is 2.10. The SMILES string of the molecule is NCCC[C@@H](N)c1cc(Br)ccc1F. The van der Waals surface area contributed by atoms with E-state index in [0.717, 1.165) is 10.9 Å². The fourth-order valence-corrected chi connectivity index (χ4v) is 1.67. The first-order valence-electron chi connectivity index (χ1n) is 4.55. The van der Waals surface area contributed by atoms with Crippen LogP contribution >= 0.6 is 15.9 Å². The van der Waals surface area contributed by atoms with Crippen molar-refractivity contribution in [3.05, 3.63) is 34.1 Å². The predicted molar refractivity (Wildman–Crippen MR) is 59.3 cm³/mol. The van der Waals surface area contributed by atoms with Gasteiger partial charge >= 0.3 is 0 Å². The third kappa shape index (κ3) is 3.04. The van der Waals surface area contributed by atoms with Gasteiger partial charge in [0.25, 0.3) is 0 Å². The van der Waals surface area contributed by atoms with Gasteiger partial charge in [-0.2, -0.15) is 0 Å². The molecule has 0 saturated carbocycles. The van der Waals surface area contributed by atoms with E-state index < -0.39 is 0 Å². The standard InChI is InChI=1S/C10H14BrFN2/c11-7-3-4-9(12)8(6-7)10(14)2-1-5-13/h3-4,6,10H,1-2,5,13-14H2/t10-/m1/s1. The van der Waals surface area contributed by atoms with Crippen LogP contribution in [0, 0.1) is 5.82 Å². The number of hydrogen-bond donors (Lipinski definition) is 2. The summed E-state index contributed by atoms with van der Waals surface area (Å²) in [6.07, 6.45) is 1.52. The molecule has 1 aromatic rings. The van der Waals surface area contributed by atoms with Crippen molar-refractivity contribution < 1.29 is 4.39 Å². The molecule has 0 heterocycles. The zero-order valence-corrected chi connectivity index (χ0v) is 9.43. The zero-order chi connectivity index (χ0) is 10.6. The molecular weight excluding hydrogens is 247 g/mol. The molecule has 0 saturated heterocycles. The lowest BCUT2D eigenvalue weighted by Gasteiger charge is -2.12. The molecule has 14 heavy (non-hydrogen) atoms. The maximum Gasteiger partial charge on any atom is 0.128 e. The Morgan fingerprint density at radius 1 is 1.43 bits per heavy atom. The molecule has 78 valence electrons. The van der Waals surface area contributed by atoms with Crippen LogP contribution in [0.2, 0.25) is 0 Å². The Bertz CT molecular complexity index is 304. The summed E-state index contributed by atoms with van der Waals surface area (Å²) in [7, 11) is 0. The smallest absolute Gasteiger partial charge is 0.128 e. The first-order chi connectivity index (χ1) is 6.65. The summed E-state index contributed by atoms with van der Waals surface area (Å²) in [6.45, 7) is 0.587. The monoisotopic (exact) mass is 260 g/mol. The number of halogens is 2. The molecule has 0 aliphatic rings. The second-order valence-electron chi connectivity index (χ2n) is 3.20. The van der Waals surface area contributed by atoms with E-state index in [1.807, 2.05) is 0 Å². The molecule has 0 aliphatic carbocycles. The van der Waals surface area contributed by atoms with Crippen LogP contribution in [-0.4, -0.2) is 6.54 Å². The average molecular weight is 261 g/mol. The third-order valence-corrected chi connectivity index (χ3v) is 2.57. The molecule has 4 N–H and O–H groups in total. The van der Waals surface area contributed by atoms with Crippen LogP contribution in [0.5, 0.6) is 0 Å². The van der Waals surface area contributed by atoms with E-state index in [0.29, 0.717) is 18.5 Å². The maximum absolute atomic E-state index is 13.3. The quantitative estimate of drug-likeness (QED) is 0.873. The summed E-state index contributed by atoms with van der Waals surface area (Å²) >= 11 is 3.29. The highest BCUT2D eigenvalue weighted by atomic mass is 79.9. The molecule has 2 nitrogen and oxygen atoms in total. The predicted octanol–water partition coefficient (Wildman–Crippen LogP) is 2.33. The Hall–Kier alpha value is -0.450. The van der Waals surface area contributed by atoms with E-state index in [9.17, 15) is 4.39 Å². The van der Waals surface area contributed by atoms with E-state index in [1.54, 1.807) is 12.1 Å². The Kier molecular flexibility index (Phi) is 4.51. The van der Waals surface area contributed by atoms with E-state index in [2.05, 4.69) is 15.9 Å². The van der Waals surface area contributed by atoms with Crippen LogP contribution in [0.4, 0.5) is 4.39 Å². The molecule has 0 aliphatic heterocycles. The van der Waals surface area contributed by atoms with Crippen molar-refractivity contribution in [3.8, 4) is 0 Å². The number of nitrogens with two attached hydrogens (primary N) is 2. The van der Waals surface area contributed by atoms with Gasteiger partial charge in [0.1, 0.15) is 5.82 Å². The second-order valence-corrected chi connectivity index (χ2v) is 4.12. The van der Waals surface area contributed by atoms with E-state index in [-0.39, 0.29) is 11.9 Å². The fourth-order valence-electron chi connectivity index (χ4n) is 1.29. The van der Waals surface area contributed by atoms with Gasteiger partial charge in [0.15, 0.2) is 0 Å². The van der Waals surface area contributed by atoms with Crippen molar-refractivity contribution >= 4 is 15.9 Å². The molecule has 0 aromatic heterocycles. The van der Waals surface area contributed by atoms with Gasteiger partial charge in [0, 0.05) is 16.1 Å². The van der Waals surface area contributed by atoms with Crippen LogP contribution in [0.3, 0.4) is 0 Å². The van der Waals surface area contributed by atoms with Crippen LogP contribution < -0.4 is 11.5 Å². The van der Waals surface area contributed by atoms with Crippen molar-refractivity contribution in [2.24, 2.45) is 11.5 Å². The summed E-state index contributed by atoms with van der Waals surface area (Å²) in [5, 5.41) is 0. The van der Waals surface area contributed by atoms with Crippen LogP contribution in [0.1, 0.15) is 24.4 Å².